The highest BCUT2D eigenvalue weighted by atomic mass is 16.2. The number of allylic oxidation sites excluding steroid dienone is 2. The van der Waals surface area contributed by atoms with Crippen LogP contribution in [-0.2, 0) is 16.0 Å². The van der Waals surface area contributed by atoms with E-state index in [4.69, 9.17) is 0 Å². The minimum atomic E-state index is -0.235. The van der Waals surface area contributed by atoms with E-state index in [0.29, 0.717) is 17.8 Å². The minimum Gasteiger partial charge on any atom is -0.352 e. The Balaban J connectivity index is 1.29. The van der Waals surface area contributed by atoms with E-state index < -0.39 is 0 Å². The van der Waals surface area contributed by atoms with E-state index in [1.54, 1.807) is 24.3 Å². The molecule has 2 aromatic carbocycles. The zero-order valence-corrected chi connectivity index (χ0v) is 16.0. The normalized spacial score (nSPS) is 26.8. The number of carbonyl (C=O) groups is 3. The van der Waals surface area contributed by atoms with Gasteiger partial charge in [-0.1, -0.05) is 48.6 Å². The molecular weight excluding hydrogens is 364 g/mol. The van der Waals surface area contributed by atoms with Gasteiger partial charge in [0.2, 0.25) is 11.8 Å². The molecule has 3 amide bonds. The first kappa shape index (κ1) is 17.9. The Morgan fingerprint density at radius 3 is 2.31 bits per heavy atom. The van der Waals surface area contributed by atoms with Gasteiger partial charge in [0, 0.05) is 12.1 Å². The predicted octanol–water partition coefficient (Wildman–Crippen LogP) is 2.97. The van der Waals surface area contributed by atoms with E-state index in [9.17, 15) is 14.4 Å². The lowest BCUT2D eigenvalue weighted by Crippen LogP contribution is -2.33. The van der Waals surface area contributed by atoms with Crippen molar-refractivity contribution in [3.63, 3.8) is 0 Å². The molecule has 4 atom stereocenters. The van der Waals surface area contributed by atoms with Crippen molar-refractivity contribution in [1.82, 2.24) is 5.32 Å². The van der Waals surface area contributed by atoms with E-state index in [2.05, 4.69) is 17.5 Å². The number of hydrogen-bond donors (Lipinski definition) is 1. The molecule has 5 nitrogen and oxygen atoms in total. The zero-order chi connectivity index (χ0) is 20.0. The Morgan fingerprint density at radius 2 is 1.62 bits per heavy atom. The SMILES string of the molecule is O=C(NCCc1ccccc1)c1cccc(N2C(=O)C3C4C=CC(C4)C3C2=O)c1. The second kappa shape index (κ2) is 6.99. The molecule has 4 unspecified atom stereocenters. The summed E-state index contributed by atoms with van der Waals surface area (Å²) in [4.78, 5) is 39.8. The van der Waals surface area contributed by atoms with E-state index in [1.807, 2.05) is 30.3 Å². The molecule has 3 aliphatic rings. The Labute approximate surface area is 169 Å². The van der Waals surface area contributed by atoms with Crippen LogP contribution >= 0.6 is 0 Å². The van der Waals surface area contributed by atoms with Crippen molar-refractivity contribution in [2.75, 3.05) is 11.4 Å². The Kier molecular flexibility index (Phi) is 4.31. The maximum Gasteiger partial charge on any atom is 0.251 e. The number of anilines is 1. The fraction of sp³-hybridized carbons (Fsp3) is 0.292. The lowest BCUT2D eigenvalue weighted by molar-refractivity contribution is -0.123. The van der Waals surface area contributed by atoms with Crippen LogP contribution in [0.4, 0.5) is 5.69 Å². The topological polar surface area (TPSA) is 66.5 Å². The smallest absolute Gasteiger partial charge is 0.251 e. The van der Waals surface area contributed by atoms with Gasteiger partial charge in [0.1, 0.15) is 0 Å². The monoisotopic (exact) mass is 386 g/mol. The van der Waals surface area contributed by atoms with Crippen LogP contribution in [0.3, 0.4) is 0 Å². The summed E-state index contributed by atoms with van der Waals surface area (Å²) in [7, 11) is 0. The van der Waals surface area contributed by atoms with Crippen molar-refractivity contribution in [2.24, 2.45) is 23.7 Å². The average molecular weight is 386 g/mol. The van der Waals surface area contributed by atoms with Crippen molar-refractivity contribution in [3.8, 4) is 0 Å². The first-order valence-electron chi connectivity index (χ1n) is 10.1. The van der Waals surface area contributed by atoms with Crippen LogP contribution in [0.25, 0.3) is 0 Å². The van der Waals surface area contributed by atoms with Crippen molar-refractivity contribution in [1.29, 1.82) is 0 Å². The molecule has 0 spiro atoms. The van der Waals surface area contributed by atoms with Gasteiger partial charge >= 0.3 is 0 Å². The highest BCUT2D eigenvalue weighted by Gasteiger charge is 2.59. The summed E-state index contributed by atoms with van der Waals surface area (Å²) in [6, 6.07) is 16.8. The van der Waals surface area contributed by atoms with Crippen LogP contribution in [0, 0.1) is 23.7 Å². The lowest BCUT2D eigenvalue weighted by Gasteiger charge is -2.18. The number of amides is 3. The van der Waals surface area contributed by atoms with Gasteiger partial charge < -0.3 is 5.32 Å². The van der Waals surface area contributed by atoms with Gasteiger partial charge in [0.25, 0.3) is 5.91 Å². The number of nitrogens with zero attached hydrogens (tertiary/aromatic N) is 1. The van der Waals surface area contributed by atoms with Crippen molar-refractivity contribution in [2.45, 2.75) is 12.8 Å². The molecule has 29 heavy (non-hydrogen) atoms. The van der Waals surface area contributed by atoms with Gasteiger partial charge in [0.15, 0.2) is 0 Å². The van der Waals surface area contributed by atoms with E-state index in [-0.39, 0.29) is 41.4 Å². The van der Waals surface area contributed by atoms with Gasteiger partial charge in [-0.25, -0.2) is 4.90 Å². The van der Waals surface area contributed by atoms with Crippen LogP contribution in [0.1, 0.15) is 22.3 Å². The largest absolute Gasteiger partial charge is 0.352 e. The van der Waals surface area contributed by atoms with E-state index >= 15 is 0 Å². The van der Waals surface area contributed by atoms with E-state index in [1.165, 1.54) is 4.90 Å². The molecule has 2 fully saturated rings. The Bertz CT molecular complexity index is 984. The summed E-state index contributed by atoms with van der Waals surface area (Å²) >= 11 is 0. The second-order valence-corrected chi connectivity index (χ2v) is 8.05. The van der Waals surface area contributed by atoms with Crippen LogP contribution in [0.5, 0.6) is 0 Å². The highest BCUT2D eigenvalue weighted by Crippen LogP contribution is 2.53. The molecular formula is C24H22N2O3. The highest BCUT2D eigenvalue weighted by molar-refractivity contribution is 6.23. The van der Waals surface area contributed by atoms with Gasteiger partial charge in [-0.05, 0) is 48.4 Å². The third kappa shape index (κ3) is 2.97. The quantitative estimate of drug-likeness (QED) is 0.635. The van der Waals surface area contributed by atoms with Gasteiger partial charge in [-0.3, -0.25) is 14.4 Å². The van der Waals surface area contributed by atoms with Crippen molar-refractivity contribution >= 4 is 23.4 Å². The summed E-state index contributed by atoms with van der Waals surface area (Å²) in [6.07, 6.45) is 5.81. The molecule has 146 valence electrons. The van der Waals surface area contributed by atoms with Crippen LogP contribution in [0.2, 0.25) is 0 Å². The third-order valence-corrected chi connectivity index (χ3v) is 6.38. The van der Waals surface area contributed by atoms with Gasteiger partial charge in [0.05, 0.1) is 17.5 Å². The predicted molar refractivity (Wildman–Crippen MR) is 109 cm³/mol. The molecule has 1 heterocycles. The molecule has 0 radical (unpaired) electrons. The molecule has 2 bridgehead atoms. The number of hydrogen-bond acceptors (Lipinski definition) is 3. The Morgan fingerprint density at radius 1 is 0.931 bits per heavy atom. The molecule has 1 aliphatic heterocycles. The third-order valence-electron chi connectivity index (χ3n) is 6.38. The maximum absolute atomic E-state index is 13.0. The first-order valence-corrected chi connectivity index (χ1v) is 10.1. The molecule has 2 aliphatic carbocycles. The fourth-order valence-electron chi connectivity index (χ4n) is 5.01. The molecule has 5 rings (SSSR count). The van der Waals surface area contributed by atoms with Crippen LogP contribution in [-0.4, -0.2) is 24.3 Å². The molecule has 0 aromatic heterocycles. The summed E-state index contributed by atoms with van der Waals surface area (Å²) < 4.78 is 0. The number of fused-ring (bicyclic) bond motifs is 5. The van der Waals surface area contributed by atoms with Gasteiger partial charge in [-0.15, -0.1) is 0 Å². The minimum absolute atomic E-state index is 0.126. The fourth-order valence-corrected chi connectivity index (χ4v) is 5.01. The lowest BCUT2D eigenvalue weighted by atomic mass is 9.85. The van der Waals surface area contributed by atoms with Crippen molar-refractivity contribution in [3.05, 3.63) is 77.9 Å². The Hall–Kier alpha value is -3.21. The van der Waals surface area contributed by atoms with Gasteiger partial charge in [-0.2, -0.15) is 0 Å². The number of imide groups is 1. The maximum atomic E-state index is 13.0. The molecule has 1 saturated heterocycles. The summed E-state index contributed by atoms with van der Waals surface area (Å²) in [5, 5.41) is 2.91. The zero-order valence-electron chi connectivity index (χ0n) is 16.0. The summed E-state index contributed by atoms with van der Waals surface area (Å²) in [6.45, 7) is 0.522. The number of rotatable bonds is 5. The molecule has 5 heteroatoms. The van der Waals surface area contributed by atoms with E-state index in [0.717, 1.165) is 18.4 Å². The van der Waals surface area contributed by atoms with Crippen LogP contribution < -0.4 is 10.2 Å². The number of nitrogens with one attached hydrogen (secondary N) is 1. The summed E-state index contributed by atoms with van der Waals surface area (Å²) in [5.74, 6) is -0.575. The molecule has 1 saturated carbocycles. The summed E-state index contributed by atoms with van der Waals surface area (Å²) in [5.41, 5.74) is 2.10. The molecule has 1 N–H and O–H groups in total. The number of benzene rings is 2. The van der Waals surface area contributed by atoms with Crippen LogP contribution in [0.15, 0.2) is 66.7 Å². The number of carbonyl (C=O) groups excluding carboxylic acids is 3. The average Bonchev–Trinajstić information content (AvgIpc) is 3.42. The molecule has 2 aromatic rings. The standard InChI is InChI=1S/C24H22N2O3/c27-22(25-12-11-15-5-2-1-3-6-15)18-7-4-8-19(14-18)26-23(28)20-16-9-10-17(13-16)21(20)24(26)29/h1-10,14,16-17,20-21H,11-13H2,(H,25,27). The second-order valence-electron chi connectivity index (χ2n) is 8.05. The van der Waals surface area contributed by atoms with Crippen molar-refractivity contribution < 1.29 is 14.4 Å². The first-order chi connectivity index (χ1) is 14.1.